The number of halogens is 2. The molecule has 0 saturated heterocycles. The van der Waals surface area contributed by atoms with Crippen LogP contribution in [0.3, 0.4) is 0 Å². The van der Waals surface area contributed by atoms with Crippen LogP contribution < -0.4 is 4.72 Å². The average Bonchev–Trinajstić information content (AvgIpc) is 2.27. The summed E-state index contributed by atoms with van der Waals surface area (Å²) >= 11 is 6.60. The third-order valence-electron chi connectivity index (χ3n) is 2.78. The molecule has 0 saturated carbocycles. The molecule has 0 fully saturated rings. The Bertz CT molecular complexity index is 517. The normalized spacial score (nSPS) is 13.5. The van der Waals surface area contributed by atoms with E-state index in [1.165, 1.54) is 0 Å². The summed E-state index contributed by atoms with van der Waals surface area (Å²) in [6.07, 6.45) is 4.18. The molecule has 0 aliphatic rings. The lowest BCUT2D eigenvalue weighted by molar-refractivity contribution is 0.527. The maximum atomic E-state index is 12.3. The van der Waals surface area contributed by atoms with E-state index in [0.717, 1.165) is 30.2 Å². The Kier molecular flexibility index (Phi) is 7.00. The largest absolute Gasteiger partial charge is 0.241 e. The van der Waals surface area contributed by atoms with Crippen LogP contribution in [0.1, 0.15) is 39.5 Å². The van der Waals surface area contributed by atoms with E-state index in [1.54, 1.807) is 18.2 Å². The van der Waals surface area contributed by atoms with Gasteiger partial charge in [0.1, 0.15) is 0 Å². The van der Waals surface area contributed by atoms with Crippen molar-refractivity contribution in [3.63, 3.8) is 0 Å². The zero-order valence-corrected chi connectivity index (χ0v) is 15.1. The third kappa shape index (κ3) is 5.53. The van der Waals surface area contributed by atoms with Crippen LogP contribution in [-0.2, 0) is 10.0 Å². The van der Waals surface area contributed by atoms with E-state index in [1.807, 2.05) is 6.92 Å². The fourth-order valence-electron chi connectivity index (χ4n) is 1.78. The van der Waals surface area contributed by atoms with E-state index in [2.05, 4.69) is 43.5 Å². The highest BCUT2D eigenvalue weighted by Crippen LogP contribution is 2.25. The summed E-state index contributed by atoms with van der Waals surface area (Å²) in [6.45, 7) is 4.04. The van der Waals surface area contributed by atoms with Crippen LogP contribution in [0.4, 0.5) is 0 Å². The van der Waals surface area contributed by atoms with Gasteiger partial charge in [-0.1, -0.05) is 42.1 Å². The van der Waals surface area contributed by atoms with Crippen LogP contribution in [-0.4, -0.2) is 14.5 Å². The van der Waals surface area contributed by atoms with Gasteiger partial charge in [0.2, 0.25) is 10.0 Å². The van der Waals surface area contributed by atoms with Crippen molar-refractivity contribution in [2.45, 2.75) is 50.5 Å². The molecule has 0 aromatic heterocycles. The van der Waals surface area contributed by atoms with Crippen LogP contribution in [0.5, 0.6) is 0 Å². The second-order valence-corrected chi connectivity index (χ2v) is 8.05. The number of nitrogens with one attached hydrogen (secondary N) is 1. The molecule has 1 N–H and O–H groups in total. The van der Waals surface area contributed by atoms with Crippen molar-refractivity contribution in [1.29, 1.82) is 0 Å². The molecule has 1 unspecified atom stereocenters. The first-order valence-electron chi connectivity index (χ1n) is 6.34. The second kappa shape index (κ2) is 7.76. The maximum absolute atomic E-state index is 12.3. The van der Waals surface area contributed by atoms with Crippen molar-refractivity contribution in [1.82, 2.24) is 4.72 Å². The predicted molar refractivity (Wildman–Crippen MR) is 85.8 cm³/mol. The summed E-state index contributed by atoms with van der Waals surface area (Å²) in [6, 6.07) is 5.00. The van der Waals surface area contributed by atoms with Crippen molar-refractivity contribution in [3.05, 3.63) is 27.1 Å². The summed E-state index contributed by atoms with van der Waals surface area (Å²) < 4.78 is 28.6. The van der Waals surface area contributed by atoms with E-state index in [4.69, 9.17) is 0 Å². The van der Waals surface area contributed by atoms with E-state index < -0.39 is 10.0 Å². The van der Waals surface area contributed by atoms with Gasteiger partial charge in [0, 0.05) is 15.0 Å². The molecule has 1 aromatic carbocycles. The summed E-state index contributed by atoms with van der Waals surface area (Å²) in [5.41, 5.74) is 0. The Morgan fingerprint density at radius 3 is 2.53 bits per heavy atom. The summed E-state index contributed by atoms with van der Waals surface area (Å²) in [5, 5.41) is 0. The minimum atomic E-state index is -3.46. The van der Waals surface area contributed by atoms with E-state index in [0.29, 0.717) is 4.47 Å². The Balaban J connectivity index is 2.75. The van der Waals surface area contributed by atoms with Crippen molar-refractivity contribution < 1.29 is 8.42 Å². The number of hydrogen-bond acceptors (Lipinski definition) is 2. The summed E-state index contributed by atoms with van der Waals surface area (Å²) in [7, 11) is -3.46. The van der Waals surface area contributed by atoms with Crippen LogP contribution in [0.2, 0.25) is 0 Å². The lowest BCUT2D eigenvalue weighted by Crippen LogP contribution is -2.32. The molecule has 0 aliphatic carbocycles. The van der Waals surface area contributed by atoms with Crippen molar-refractivity contribution in [2.24, 2.45) is 0 Å². The average molecular weight is 413 g/mol. The first-order valence-corrected chi connectivity index (χ1v) is 9.41. The molecule has 3 nitrogen and oxygen atoms in total. The van der Waals surface area contributed by atoms with Crippen LogP contribution >= 0.6 is 31.9 Å². The molecule has 1 rings (SSSR count). The van der Waals surface area contributed by atoms with E-state index in [-0.39, 0.29) is 10.9 Å². The maximum Gasteiger partial charge on any atom is 0.241 e. The molecular weight excluding hydrogens is 394 g/mol. The Hall–Kier alpha value is 0.0900. The number of rotatable bonds is 7. The second-order valence-electron chi connectivity index (χ2n) is 4.59. The first-order chi connectivity index (χ1) is 8.86. The molecule has 108 valence electrons. The van der Waals surface area contributed by atoms with Gasteiger partial charge < -0.3 is 0 Å². The molecule has 1 aromatic rings. The molecule has 6 heteroatoms. The zero-order valence-electron chi connectivity index (χ0n) is 11.1. The SMILES string of the molecule is CCCCCC(C)NS(=O)(=O)c1ccc(Br)cc1Br. The topological polar surface area (TPSA) is 46.2 Å². The first kappa shape index (κ1) is 17.1. The molecule has 0 amide bonds. The van der Waals surface area contributed by atoms with Gasteiger partial charge in [-0.05, 0) is 47.5 Å². The molecule has 0 spiro atoms. The highest BCUT2D eigenvalue weighted by Gasteiger charge is 2.19. The van der Waals surface area contributed by atoms with Crippen LogP contribution in [0.15, 0.2) is 32.0 Å². The molecule has 19 heavy (non-hydrogen) atoms. The Labute approximate surface area is 132 Å². The molecule has 0 heterocycles. The van der Waals surface area contributed by atoms with Gasteiger partial charge in [0.25, 0.3) is 0 Å². The number of hydrogen-bond donors (Lipinski definition) is 1. The van der Waals surface area contributed by atoms with Gasteiger partial charge >= 0.3 is 0 Å². The smallest absolute Gasteiger partial charge is 0.208 e. The number of benzene rings is 1. The van der Waals surface area contributed by atoms with Crippen LogP contribution in [0.25, 0.3) is 0 Å². The van der Waals surface area contributed by atoms with Crippen molar-refractivity contribution in [2.75, 3.05) is 0 Å². The molecular formula is C13H19Br2NO2S. The quantitative estimate of drug-likeness (QED) is 0.672. The van der Waals surface area contributed by atoms with E-state index >= 15 is 0 Å². The number of unbranched alkanes of at least 4 members (excludes halogenated alkanes) is 2. The minimum absolute atomic E-state index is 0.0490. The molecule has 0 aliphatic heterocycles. The van der Waals surface area contributed by atoms with Crippen molar-refractivity contribution in [3.8, 4) is 0 Å². The minimum Gasteiger partial charge on any atom is -0.208 e. The van der Waals surface area contributed by atoms with E-state index in [9.17, 15) is 8.42 Å². The lowest BCUT2D eigenvalue weighted by Gasteiger charge is -2.15. The third-order valence-corrected chi connectivity index (χ3v) is 5.84. The summed E-state index contributed by atoms with van der Waals surface area (Å²) in [4.78, 5) is 0.276. The fourth-order valence-corrected chi connectivity index (χ4v) is 4.80. The van der Waals surface area contributed by atoms with Gasteiger partial charge in [-0.2, -0.15) is 0 Å². The van der Waals surface area contributed by atoms with Gasteiger partial charge in [-0.15, -0.1) is 0 Å². The van der Waals surface area contributed by atoms with Crippen molar-refractivity contribution >= 4 is 41.9 Å². The highest BCUT2D eigenvalue weighted by molar-refractivity contribution is 9.11. The monoisotopic (exact) mass is 411 g/mol. The lowest BCUT2D eigenvalue weighted by atomic mass is 10.1. The zero-order chi connectivity index (χ0) is 14.5. The highest BCUT2D eigenvalue weighted by atomic mass is 79.9. The van der Waals surface area contributed by atoms with Gasteiger partial charge in [0.05, 0.1) is 4.90 Å². The Morgan fingerprint density at radius 1 is 1.26 bits per heavy atom. The van der Waals surface area contributed by atoms with Crippen LogP contribution in [0, 0.1) is 0 Å². The van der Waals surface area contributed by atoms with Gasteiger partial charge in [-0.3, -0.25) is 0 Å². The molecule has 0 bridgehead atoms. The number of sulfonamides is 1. The standard InChI is InChI=1S/C13H19Br2NO2S/c1-3-4-5-6-10(2)16-19(17,18)13-8-7-11(14)9-12(13)15/h7-10,16H,3-6H2,1-2H3. The fraction of sp³-hybridized carbons (Fsp3) is 0.538. The van der Waals surface area contributed by atoms with Gasteiger partial charge in [-0.25, -0.2) is 13.1 Å². The predicted octanol–water partition coefficient (Wildman–Crippen LogP) is 4.46. The molecule has 1 atom stereocenters. The Morgan fingerprint density at radius 2 is 1.95 bits per heavy atom. The summed E-state index contributed by atoms with van der Waals surface area (Å²) in [5.74, 6) is 0. The van der Waals surface area contributed by atoms with Gasteiger partial charge in [0.15, 0.2) is 0 Å². The molecule has 0 radical (unpaired) electrons.